The summed E-state index contributed by atoms with van der Waals surface area (Å²) in [5, 5.41) is 0. The van der Waals surface area contributed by atoms with Crippen molar-refractivity contribution in [1.29, 1.82) is 0 Å². The van der Waals surface area contributed by atoms with Crippen molar-refractivity contribution >= 4 is 15.9 Å². The number of piperidine rings is 1. The van der Waals surface area contributed by atoms with Crippen molar-refractivity contribution in [2.24, 2.45) is 5.92 Å². The molecule has 148 valence electrons. The molecule has 1 aromatic carbocycles. The SMILES string of the molecule is CCOC(CN1CCC(CCCOc2cccc(Br)c2C)CC1)OCC. The van der Waals surface area contributed by atoms with E-state index in [1.807, 2.05) is 26.0 Å². The van der Waals surface area contributed by atoms with Crippen molar-refractivity contribution in [2.45, 2.75) is 52.7 Å². The van der Waals surface area contributed by atoms with E-state index in [2.05, 4.69) is 33.8 Å². The van der Waals surface area contributed by atoms with Gasteiger partial charge in [-0.05, 0) is 77.6 Å². The van der Waals surface area contributed by atoms with Crippen LogP contribution < -0.4 is 4.74 Å². The first-order valence-corrected chi connectivity index (χ1v) is 10.8. The molecule has 26 heavy (non-hydrogen) atoms. The van der Waals surface area contributed by atoms with Crippen LogP contribution in [0.1, 0.15) is 45.1 Å². The second kappa shape index (κ2) is 12.0. The number of benzene rings is 1. The van der Waals surface area contributed by atoms with Gasteiger partial charge in [0.15, 0.2) is 6.29 Å². The minimum absolute atomic E-state index is 0.0802. The van der Waals surface area contributed by atoms with E-state index in [-0.39, 0.29) is 6.29 Å². The summed E-state index contributed by atoms with van der Waals surface area (Å²) in [6, 6.07) is 6.13. The van der Waals surface area contributed by atoms with Gasteiger partial charge in [0.25, 0.3) is 0 Å². The van der Waals surface area contributed by atoms with E-state index < -0.39 is 0 Å². The molecule has 5 heteroatoms. The molecule has 1 saturated heterocycles. The van der Waals surface area contributed by atoms with Crippen molar-refractivity contribution in [3.8, 4) is 5.75 Å². The Labute approximate surface area is 167 Å². The van der Waals surface area contributed by atoms with Crippen LogP contribution in [0.25, 0.3) is 0 Å². The molecule has 0 unspecified atom stereocenters. The maximum Gasteiger partial charge on any atom is 0.170 e. The lowest BCUT2D eigenvalue weighted by Crippen LogP contribution is -2.40. The van der Waals surface area contributed by atoms with Crippen LogP contribution in [-0.4, -0.2) is 50.6 Å². The van der Waals surface area contributed by atoms with Crippen molar-refractivity contribution in [3.05, 3.63) is 28.2 Å². The van der Waals surface area contributed by atoms with Crippen LogP contribution in [0.15, 0.2) is 22.7 Å². The fourth-order valence-electron chi connectivity index (χ4n) is 3.49. The van der Waals surface area contributed by atoms with Crippen molar-refractivity contribution in [1.82, 2.24) is 4.90 Å². The maximum atomic E-state index is 5.96. The molecule has 4 nitrogen and oxygen atoms in total. The molecule has 1 aromatic rings. The summed E-state index contributed by atoms with van der Waals surface area (Å²) in [5.74, 6) is 1.81. The third-order valence-corrected chi connectivity index (χ3v) is 5.91. The number of rotatable bonds is 11. The Kier molecular flexibility index (Phi) is 9.97. The molecule has 0 aliphatic carbocycles. The van der Waals surface area contributed by atoms with E-state index in [1.54, 1.807) is 0 Å². The molecule has 0 saturated carbocycles. The van der Waals surface area contributed by atoms with Gasteiger partial charge < -0.3 is 14.2 Å². The third kappa shape index (κ3) is 7.18. The van der Waals surface area contributed by atoms with E-state index in [9.17, 15) is 0 Å². The van der Waals surface area contributed by atoms with Gasteiger partial charge in [-0.15, -0.1) is 0 Å². The number of nitrogens with zero attached hydrogens (tertiary/aromatic N) is 1. The molecule has 2 rings (SSSR count). The average molecular weight is 428 g/mol. The quantitative estimate of drug-likeness (QED) is 0.366. The molecule has 0 N–H and O–H groups in total. The maximum absolute atomic E-state index is 5.96. The molecule has 0 bridgehead atoms. The summed E-state index contributed by atoms with van der Waals surface area (Å²) in [5.41, 5.74) is 1.18. The fourth-order valence-corrected chi connectivity index (χ4v) is 3.84. The summed E-state index contributed by atoms with van der Waals surface area (Å²) in [4.78, 5) is 2.48. The molecular formula is C21H34BrNO3. The van der Waals surface area contributed by atoms with Crippen LogP contribution >= 0.6 is 15.9 Å². The number of hydrogen-bond acceptors (Lipinski definition) is 4. The zero-order valence-corrected chi connectivity index (χ0v) is 18.1. The highest BCUT2D eigenvalue weighted by Crippen LogP contribution is 2.26. The first-order chi connectivity index (χ1) is 12.6. The number of likely N-dealkylation sites (tertiary alicyclic amines) is 1. The Morgan fingerprint density at radius 1 is 1.15 bits per heavy atom. The van der Waals surface area contributed by atoms with E-state index in [1.165, 1.54) is 24.8 Å². The number of hydrogen-bond donors (Lipinski definition) is 0. The predicted octanol–water partition coefficient (Wildman–Crippen LogP) is 5.03. The molecule has 0 spiro atoms. The number of ether oxygens (including phenoxy) is 3. The smallest absolute Gasteiger partial charge is 0.170 e. The Morgan fingerprint density at radius 3 is 2.50 bits per heavy atom. The summed E-state index contributed by atoms with van der Waals surface area (Å²) in [7, 11) is 0. The van der Waals surface area contributed by atoms with Crippen molar-refractivity contribution < 1.29 is 14.2 Å². The highest BCUT2D eigenvalue weighted by molar-refractivity contribution is 9.10. The first-order valence-electron chi connectivity index (χ1n) is 9.97. The van der Waals surface area contributed by atoms with Gasteiger partial charge in [-0.1, -0.05) is 22.0 Å². The third-order valence-electron chi connectivity index (χ3n) is 5.05. The minimum Gasteiger partial charge on any atom is -0.493 e. The highest BCUT2D eigenvalue weighted by Gasteiger charge is 2.22. The lowest BCUT2D eigenvalue weighted by Gasteiger charge is -2.34. The Balaban J connectivity index is 1.62. The second-order valence-corrected chi connectivity index (χ2v) is 7.79. The first kappa shape index (κ1) is 21.7. The molecular weight excluding hydrogens is 394 g/mol. The average Bonchev–Trinajstić information content (AvgIpc) is 2.64. The zero-order valence-electron chi connectivity index (χ0n) is 16.5. The molecule has 0 radical (unpaired) electrons. The topological polar surface area (TPSA) is 30.9 Å². The monoisotopic (exact) mass is 427 g/mol. The molecule has 1 aliphatic heterocycles. The summed E-state index contributed by atoms with van der Waals surface area (Å²) >= 11 is 3.56. The standard InChI is InChI=1S/C21H34BrNO3/c1-4-24-21(25-5-2)16-23-13-11-18(12-14-23)8-7-15-26-20-10-6-9-19(22)17(20)3/h6,9-10,18,21H,4-5,7-8,11-16H2,1-3H3. The van der Waals surface area contributed by atoms with Gasteiger partial charge in [0, 0.05) is 29.8 Å². The molecule has 0 aromatic heterocycles. The van der Waals surface area contributed by atoms with Gasteiger partial charge in [0.2, 0.25) is 0 Å². The minimum atomic E-state index is -0.0802. The van der Waals surface area contributed by atoms with Crippen LogP contribution in [0.5, 0.6) is 5.75 Å². The fraction of sp³-hybridized carbons (Fsp3) is 0.714. The van der Waals surface area contributed by atoms with Gasteiger partial charge in [-0.3, -0.25) is 4.90 Å². The molecule has 0 atom stereocenters. The Bertz CT molecular complexity index is 512. The van der Waals surface area contributed by atoms with E-state index >= 15 is 0 Å². The predicted molar refractivity (Wildman–Crippen MR) is 110 cm³/mol. The van der Waals surface area contributed by atoms with Crippen LogP contribution in [0.4, 0.5) is 0 Å². The van der Waals surface area contributed by atoms with Gasteiger partial charge in [-0.25, -0.2) is 0 Å². The lowest BCUT2D eigenvalue weighted by atomic mass is 9.92. The Hall–Kier alpha value is -0.620. The van der Waals surface area contributed by atoms with E-state index in [0.29, 0.717) is 13.2 Å². The van der Waals surface area contributed by atoms with Gasteiger partial charge in [0.05, 0.1) is 6.61 Å². The summed E-state index contributed by atoms with van der Waals surface area (Å²) in [6.07, 6.45) is 4.82. The summed E-state index contributed by atoms with van der Waals surface area (Å²) in [6.45, 7) is 11.5. The van der Waals surface area contributed by atoms with Gasteiger partial charge >= 0.3 is 0 Å². The van der Waals surface area contributed by atoms with Gasteiger partial charge in [0.1, 0.15) is 5.75 Å². The van der Waals surface area contributed by atoms with Crippen LogP contribution in [-0.2, 0) is 9.47 Å². The normalized spacial score (nSPS) is 16.3. The molecule has 0 amide bonds. The Morgan fingerprint density at radius 2 is 1.85 bits per heavy atom. The number of halogens is 1. The molecule has 1 heterocycles. The van der Waals surface area contributed by atoms with Crippen LogP contribution in [0.2, 0.25) is 0 Å². The lowest BCUT2D eigenvalue weighted by molar-refractivity contribution is -0.149. The largest absolute Gasteiger partial charge is 0.493 e. The van der Waals surface area contributed by atoms with E-state index in [0.717, 1.165) is 48.8 Å². The zero-order chi connectivity index (χ0) is 18.8. The van der Waals surface area contributed by atoms with Crippen LogP contribution in [0, 0.1) is 12.8 Å². The molecule has 1 aliphatic rings. The second-order valence-electron chi connectivity index (χ2n) is 6.94. The summed E-state index contributed by atoms with van der Waals surface area (Å²) < 4.78 is 18.4. The van der Waals surface area contributed by atoms with Gasteiger partial charge in [-0.2, -0.15) is 0 Å². The highest BCUT2D eigenvalue weighted by atomic mass is 79.9. The van der Waals surface area contributed by atoms with Crippen LogP contribution in [0.3, 0.4) is 0 Å². The van der Waals surface area contributed by atoms with E-state index in [4.69, 9.17) is 14.2 Å². The molecule has 1 fully saturated rings. The van der Waals surface area contributed by atoms with Crippen molar-refractivity contribution in [3.63, 3.8) is 0 Å². The van der Waals surface area contributed by atoms with Crippen molar-refractivity contribution in [2.75, 3.05) is 39.5 Å².